The maximum atomic E-state index is 11.9. The van der Waals surface area contributed by atoms with Crippen LogP contribution in [0.1, 0.15) is 5.56 Å². The lowest BCUT2D eigenvalue weighted by Crippen LogP contribution is -2.03. The molecule has 0 heterocycles. The average molecular weight is 249 g/mol. The van der Waals surface area contributed by atoms with E-state index in [1.807, 2.05) is 0 Å². The summed E-state index contributed by atoms with van der Waals surface area (Å²) in [5.74, 6) is -0.539. The summed E-state index contributed by atoms with van der Waals surface area (Å²) in [5.41, 5.74) is -0.959. The third-order valence-corrected chi connectivity index (χ3v) is 1.88. The summed E-state index contributed by atoms with van der Waals surface area (Å²) < 4.78 is 27.8. The molecule has 0 aromatic heterocycles. The molecule has 0 amide bonds. The molecule has 1 aromatic carbocycles. The Bertz CT molecular complexity index is 473. The molecule has 16 heavy (non-hydrogen) atoms. The van der Waals surface area contributed by atoms with Crippen LogP contribution in [0.5, 0.6) is 5.75 Å². The Hall–Kier alpha value is -1.94. The van der Waals surface area contributed by atoms with Crippen LogP contribution in [-0.4, -0.2) is 11.5 Å². The van der Waals surface area contributed by atoms with Gasteiger partial charge in [0, 0.05) is 0 Å². The molecule has 0 atom stereocenters. The van der Waals surface area contributed by atoms with Gasteiger partial charge in [0.15, 0.2) is 5.75 Å². The van der Waals surface area contributed by atoms with Crippen molar-refractivity contribution in [3.63, 3.8) is 0 Å². The molecule has 84 valence electrons. The van der Waals surface area contributed by atoms with Crippen LogP contribution in [0.25, 0.3) is 0 Å². The Morgan fingerprint density at radius 3 is 2.62 bits per heavy atom. The molecule has 0 saturated carbocycles. The van der Waals surface area contributed by atoms with E-state index in [0.717, 1.165) is 6.07 Å². The first-order valence-electron chi connectivity index (χ1n) is 3.78. The summed E-state index contributed by atoms with van der Waals surface area (Å²) in [4.78, 5) is 9.62. The number of rotatable bonds is 3. The van der Waals surface area contributed by atoms with Gasteiger partial charge >= 0.3 is 6.61 Å². The van der Waals surface area contributed by atoms with Crippen molar-refractivity contribution in [1.29, 1.82) is 5.26 Å². The van der Waals surface area contributed by atoms with Crippen molar-refractivity contribution < 1.29 is 18.4 Å². The van der Waals surface area contributed by atoms with Gasteiger partial charge in [0.2, 0.25) is 0 Å². The van der Waals surface area contributed by atoms with Crippen LogP contribution in [0.15, 0.2) is 12.1 Å². The second-order valence-electron chi connectivity index (χ2n) is 2.55. The normalized spacial score (nSPS) is 9.94. The van der Waals surface area contributed by atoms with Gasteiger partial charge in [-0.2, -0.15) is 14.0 Å². The Morgan fingerprint density at radius 1 is 1.56 bits per heavy atom. The molecule has 0 aliphatic heterocycles. The fourth-order valence-corrected chi connectivity index (χ4v) is 1.18. The van der Waals surface area contributed by atoms with Crippen LogP contribution in [0.4, 0.5) is 14.5 Å². The highest BCUT2D eigenvalue weighted by Crippen LogP contribution is 2.33. The Balaban J connectivity index is 3.29. The second-order valence-corrected chi connectivity index (χ2v) is 2.95. The molecule has 0 aliphatic rings. The quantitative estimate of drug-likeness (QED) is 0.609. The van der Waals surface area contributed by atoms with Gasteiger partial charge in [0.1, 0.15) is 11.6 Å². The van der Waals surface area contributed by atoms with E-state index < -0.39 is 23.0 Å². The van der Waals surface area contributed by atoms with Crippen LogP contribution < -0.4 is 4.74 Å². The summed E-state index contributed by atoms with van der Waals surface area (Å²) in [6, 6.07) is 3.12. The number of nitriles is 1. The molecule has 0 bridgehead atoms. The van der Waals surface area contributed by atoms with Crippen molar-refractivity contribution in [2.45, 2.75) is 6.61 Å². The number of benzene rings is 1. The molecular formula is C8H3ClF2N2O3. The fraction of sp³-hybridized carbons (Fsp3) is 0.125. The minimum Gasteiger partial charge on any atom is -0.433 e. The number of hydrogen-bond acceptors (Lipinski definition) is 4. The number of nitro benzene ring substituents is 1. The van der Waals surface area contributed by atoms with Gasteiger partial charge < -0.3 is 4.74 Å². The van der Waals surface area contributed by atoms with Crippen LogP contribution in [0.3, 0.4) is 0 Å². The molecule has 0 N–H and O–H groups in total. The zero-order valence-electron chi connectivity index (χ0n) is 7.49. The van der Waals surface area contributed by atoms with Gasteiger partial charge in [-0.15, -0.1) is 0 Å². The van der Waals surface area contributed by atoms with Crippen LogP contribution in [0.2, 0.25) is 5.02 Å². The molecule has 0 saturated heterocycles. The molecule has 0 unspecified atom stereocenters. The minimum absolute atomic E-state index is 0.289. The van der Waals surface area contributed by atoms with Crippen LogP contribution in [-0.2, 0) is 0 Å². The summed E-state index contributed by atoms with van der Waals surface area (Å²) in [5, 5.41) is 18.8. The second kappa shape index (κ2) is 4.72. The monoisotopic (exact) mass is 248 g/mol. The summed E-state index contributed by atoms with van der Waals surface area (Å²) >= 11 is 5.50. The lowest BCUT2D eigenvalue weighted by molar-refractivity contribution is -0.385. The van der Waals surface area contributed by atoms with Gasteiger partial charge in [-0.25, -0.2) is 0 Å². The van der Waals surface area contributed by atoms with Crippen molar-refractivity contribution in [3.8, 4) is 11.8 Å². The molecule has 8 heteroatoms. The number of ether oxygens (including phenoxy) is 1. The molecule has 1 aromatic rings. The van der Waals surface area contributed by atoms with E-state index >= 15 is 0 Å². The summed E-state index contributed by atoms with van der Waals surface area (Å²) in [7, 11) is 0. The maximum absolute atomic E-state index is 11.9. The van der Waals surface area contributed by atoms with Gasteiger partial charge in [-0.05, 0) is 6.07 Å². The van der Waals surface area contributed by atoms with Crippen LogP contribution >= 0.6 is 11.6 Å². The highest BCUT2D eigenvalue weighted by molar-refractivity contribution is 6.32. The molecule has 1 rings (SSSR count). The number of alkyl halides is 2. The number of hydrogen-bond donors (Lipinski definition) is 0. The first-order valence-corrected chi connectivity index (χ1v) is 4.16. The standard InChI is InChI=1S/C8H3ClF2N2O3/c9-5-1-4(3-12)6(13(14)15)2-7(5)16-8(10)11/h1-2,8H. The third kappa shape index (κ3) is 2.55. The SMILES string of the molecule is N#Cc1cc(Cl)c(OC(F)F)cc1[N+](=O)[O-]. The third-order valence-electron chi connectivity index (χ3n) is 1.58. The van der Waals surface area contributed by atoms with Gasteiger partial charge in [-0.1, -0.05) is 11.6 Å². The van der Waals surface area contributed by atoms with Crippen molar-refractivity contribution in [2.24, 2.45) is 0 Å². The lowest BCUT2D eigenvalue weighted by Gasteiger charge is -2.06. The zero-order valence-corrected chi connectivity index (χ0v) is 8.24. The zero-order chi connectivity index (χ0) is 12.3. The van der Waals surface area contributed by atoms with Crippen molar-refractivity contribution >= 4 is 17.3 Å². The van der Waals surface area contributed by atoms with Crippen molar-refractivity contribution in [1.82, 2.24) is 0 Å². The molecule has 0 radical (unpaired) electrons. The molecule has 0 spiro atoms. The summed E-state index contributed by atoms with van der Waals surface area (Å²) in [6.45, 7) is -3.15. The highest BCUT2D eigenvalue weighted by atomic mass is 35.5. The predicted octanol–water partition coefficient (Wildman–Crippen LogP) is 2.72. The largest absolute Gasteiger partial charge is 0.433 e. The van der Waals surface area contributed by atoms with E-state index in [1.165, 1.54) is 6.07 Å². The topological polar surface area (TPSA) is 76.2 Å². The number of nitrogens with zero attached hydrogens (tertiary/aromatic N) is 2. The van der Waals surface area contributed by atoms with E-state index in [0.29, 0.717) is 6.07 Å². The number of halogens is 3. The van der Waals surface area contributed by atoms with Crippen molar-refractivity contribution in [3.05, 3.63) is 32.8 Å². The smallest absolute Gasteiger partial charge is 0.387 e. The number of nitro groups is 1. The van der Waals surface area contributed by atoms with E-state index in [2.05, 4.69) is 4.74 Å². The molecule has 5 nitrogen and oxygen atoms in total. The summed E-state index contributed by atoms with van der Waals surface area (Å²) in [6.07, 6.45) is 0. The highest BCUT2D eigenvalue weighted by Gasteiger charge is 2.19. The fourth-order valence-electron chi connectivity index (χ4n) is 0.970. The lowest BCUT2D eigenvalue weighted by atomic mass is 10.2. The molecule has 0 aliphatic carbocycles. The van der Waals surface area contributed by atoms with Gasteiger partial charge in [0.05, 0.1) is 16.0 Å². The average Bonchev–Trinajstić information content (AvgIpc) is 2.19. The Morgan fingerprint density at radius 2 is 2.19 bits per heavy atom. The van der Waals surface area contributed by atoms with Crippen molar-refractivity contribution in [2.75, 3.05) is 0 Å². The van der Waals surface area contributed by atoms with E-state index in [4.69, 9.17) is 16.9 Å². The molecular weight excluding hydrogens is 246 g/mol. The Labute approximate surface area is 93.0 Å². The molecule has 0 fully saturated rings. The first-order chi connectivity index (χ1) is 7.45. The van der Waals surface area contributed by atoms with Gasteiger partial charge in [0.25, 0.3) is 5.69 Å². The first kappa shape index (κ1) is 12.1. The maximum Gasteiger partial charge on any atom is 0.387 e. The van der Waals surface area contributed by atoms with Gasteiger partial charge in [-0.3, -0.25) is 10.1 Å². The van der Waals surface area contributed by atoms with Crippen LogP contribution in [0, 0.1) is 21.4 Å². The predicted molar refractivity (Wildman–Crippen MR) is 49.5 cm³/mol. The Kier molecular flexibility index (Phi) is 3.58. The van der Waals surface area contributed by atoms with E-state index in [9.17, 15) is 18.9 Å². The van der Waals surface area contributed by atoms with E-state index in [-0.39, 0.29) is 10.6 Å². The van der Waals surface area contributed by atoms with E-state index in [1.54, 1.807) is 0 Å². The minimum atomic E-state index is -3.15.